The predicted octanol–water partition coefficient (Wildman–Crippen LogP) is 2.23. The lowest BCUT2D eigenvalue weighted by Crippen LogP contribution is -2.37. The van der Waals surface area contributed by atoms with Crippen LogP contribution >= 0.6 is 0 Å². The zero-order chi connectivity index (χ0) is 12.6. The van der Waals surface area contributed by atoms with Crippen molar-refractivity contribution < 1.29 is 8.42 Å². The van der Waals surface area contributed by atoms with Gasteiger partial charge < -0.3 is 5.32 Å². The molecule has 0 bridgehead atoms. The molecule has 0 aliphatic rings. The first kappa shape index (κ1) is 15.9. The van der Waals surface area contributed by atoms with Crippen LogP contribution in [0, 0.1) is 5.92 Å². The molecule has 0 aromatic rings. The monoisotopic (exact) mass is 249 g/mol. The first-order valence-electron chi connectivity index (χ1n) is 6.35. The molecule has 0 saturated heterocycles. The molecule has 0 aliphatic heterocycles. The maximum Gasteiger partial charge on any atom is 0.152 e. The van der Waals surface area contributed by atoms with E-state index in [1.54, 1.807) is 0 Å². The first-order chi connectivity index (χ1) is 7.41. The number of nitrogens with one attached hydrogen (secondary N) is 1. The minimum Gasteiger partial charge on any atom is -0.313 e. The van der Waals surface area contributed by atoms with Crippen LogP contribution in [0.25, 0.3) is 0 Å². The highest BCUT2D eigenvalue weighted by molar-refractivity contribution is 7.91. The van der Waals surface area contributed by atoms with E-state index >= 15 is 0 Å². The summed E-state index contributed by atoms with van der Waals surface area (Å²) in [6, 6.07) is 0.133. The Bertz CT molecular complexity index is 260. The second kappa shape index (κ2) is 8.07. The largest absolute Gasteiger partial charge is 0.313 e. The molecule has 0 rings (SSSR count). The van der Waals surface area contributed by atoms with Gasteiger partial charge >= 0.3 is 0 Å². The van der Waals surface area contributed by atoms with Crippen LogP contribution in [0.4, 0.5) is 0 Å². The highest BCUT2D eigenvalue weighted by atomic mass is 32.2. The van der Waals surface area contributed by atoms with Crippen LogP contribution < -0.4 is 5.32 Å². The summed E-state index contributed by atoms with van der Waals surface area (Å²) in [6.45, 7) is 8.99. The normalized spacial score (nSPS) is 14.3. The van der Waals surface area contributed by atoms with Gasteiger partial charge in [-0.05, 0) is 25.3 Å². The Morgan fingerprint density at radius 2 is 1.69 bits per heavy atom. The van der Waals surface area contributed by atoms with Crippen LogP contribution in [0.5, 0.6) is 0 Å². The Hall–Kier alpha value is -0.0900. The summed E-state index contributed by atoms with van der Waals surface area (Å²) in [6.07, 6.45) is 3.01. The molecule has 0 aromatic heterocycles. The lowest BCUT2D eigenvalue weighted by atomic mass is 10.2. The topological polar surface area (TPSA) is 46.2 Å². The lowest BCUT2D eigenvalue weighted by molar-refractivity contribution is 0.497. The molecule has 0 amide bonds. The molecule has 4 heteroatoms. The fourth-order valence-corrected chi connectivity index (χ4v) is 3.87. The third-order valence-corrected chi connectivity index (χ3v) is 4.45. The summed E-state index contributed by atoms with van der Waals surface area (Å²) < 4.78 is 23.7. The summed E-state index contributed by atoms with van der Waals surface area (Å²) >= 11 is 0. The highest BCUT2D eigenvalue weighted by Crippen LogP contribution is 2.06. The maximum atomic E-state index is 11.8. The quantitative estimate of drug-likeness (QED) is 0.681. The number of hydrogen-bond acceptors (Lipinski definition) is 3. The van der Waals surface area contributed by atoms with E-state index in [4.69, 9.17) is 0 Å². The van der Waals surface area contributed by atoms with Gasteiger partial charge in [0.05, 0.1) is 11.5 Å². The zero-order valence-corrected chi connectivity index (χ0v) is 11.9. The number of rotatable bonds is 9. The third-order valence-electron chi connectivity index (χ3n) is 2.36. The Morgan fingerprint density at radius 3 is 2.12 bits per heavy atom. The predicted molar refractivity (Wildman–Crippen MR) is 70.5 cm³/mol. The van der Waals surface area contributed by atoms with E-state index in [-0.39, 0.29) is 12.0 Å². The summed E-state index contributed by atoms with van der Waals surface area (Å²) in [7, 11) is -2.90. The van der Waals surface area contributed by atoms with Gasteiger partial charge in [-0.1, -0.05) is 34.1 Å². The van der Waals surface area contributed by atoms with E-state index in [1.807, 2.05) is 13.8 Å². The van der Waals surface area contributed by atoms with E-state index < -0.39 is 9.84 Å². The van der Waals surface area contributed by atoms with Crippen molar-refractivity contribution in [1.82, 2.24) is 5.32 Å². The molecular formula is C12H27NO2S. The van der Waals surface area contributed by atoms with E-state index in [0.717, 1.165) is 25.8 Å². The van der Waals surface area contributed by atoms with Crippen molar-refractivity contribution in [3.8, 4) is 0 Å². The molecule has 0 heterocycles. The molecule has 3 nitrogen and oxygen atoms in total. The van der Waals surface area contributed by atoms with Gasteiger partial charge in [0.25, 0.3) is 0 Å². The van der Waals surface area contributed by atoms with Crippen molar-refractivity contribution in [3.05, 3.63) is 0 Å². The van der Waals surface area contributed by atoms with Crippen LogP contribution in [0.3, 0.4) is 0 Å². The van der Waals surface area contributed by atoms with Gasteiger partial charge in [0.2, 0.25) is 0 Å². The number of hydrogen-bond donors (Lipinski definition) is 1. The van der Waals surface area contributed by atoms with Crippen molar-refractivity contribution >= 4 is 9.84 Å². The minimum atomic E-state index is -2.90. The van der Waals surface area contributed by atoms with Crippen LogP contribution in [0.2, 0.25) is 0 Å². The second-order valence-electron chi connectivity index (χ2n) is 4.91. The molecule has 0 saturated carbocycles. The standard InChI is InChI=1S/C12H27NO2S/c1-5-7-12(13-8-6-2)10-16(14,15)9-11(3)4/h11-13H,5-10H2,1-4H3. The van der Waals surface area contributed by atoms with E-state index in [1.165, 1.54) is 0 Å². The van der Waals surface area contributed by atoms with Crippen molar-refractivity contribution in [2.45, 2.75) is 53.0 Å². The van der Waals surface area contributed by atoms with Gasteiger partial charge in [-0.15, -0.1) is 0 Å². The summed E-state index contributed by atoms with van der Waals surface area (Å²) in [5.74, 6) is 0.818. The molecule has 0 fully saturated rings. The SMILES string of the molecule is CCCNC(CCC)CS(=O)(=O)CC(C)C. The molecule has 1 unspecified atom stereocenters. The highest BCUT2D eigenvalue weighted by Gasteiger charge is 2.19. The molecule has 16 heavy (non-hydrogen) atoms. The zero-order valence-electron chi connectivity index (χ0n) is 11.1. The van der Waals surface area contributed by atoms with E-state index in [0.29, 0.717) is 11.5 Å². The Balaban J connectivity index is 4.25. The van der Waals surface area contributed by atoms with Gasteiger partial charge in [0.15, 0.2) is 9.84 Å². The maximum absolute atomic E-state index is 11.8. The molecule has 1 atom stereocenters. The van der Waals surface area contributed by atoms with Gasteiger partial charge in [0, 0.05) is 6.04 Å². The Morgan fingerprint density at radius 1 is 1.06 bits per heavy atom. The lowest BCUT2D eigenvalue weighted by Gasteiger charge is -2.18. The molecule has 98 valence electrons. The fraction of sp³-hybridized carbons (Fsp3) is 1.00. The molecular weight excluding hydrogens is 222 g/mol. The van der Waals surface area contributed by atoms with Gasteiger partial charge in [-0.25, -0.2) is 8.42 Å². The van der Waals surface area contributed by atoms with Crippen molar-refractivity contribution in [2.24, 2.45) is 5.92 Å². The number of sulfone groups is 1. The van der Waals surface area contributed by atoms with E-state index in [9.17, 15) is 8.42 Å². The fourth-order valence-electron chi connectivity index (χ4n) is 1.82. The smallest absolute Gasteiger partial charge is 0.152 e. The van der Waals surface area contributed by atoms with Gasteiger partial charge in [-0.3, -0.25) is 0 Å². The minimum absolute atomic E-state index is 0.133. The summed E-state index contributed by atoms with van der Waals surface area (Å²) in [5, 5.41) is 3.32. The van der Waals surface area contributed by atoms with Crippen LogP contribution in [-0.4, -0.2) is 32.5 Å². The van der Waals surface area contributed by atoms with Crippen molar-refractivity contribution in [1.29, 1.82) is 0 Å². The van der Waals surface area contributed by atoms with Crippen LogP contribution in [-0.2, 0) is 9.84 Å². The molecule has 1 N–H and O–H groups in total. The third kappa shape index (κ3) is 8.11. The van der Waals surface area contributed by atoms with Gasteiger partial charge in [0.1, 0.15) is 0 Å². The van der Waals surface area contributed by atoms with E-state index in [2.05, 4.69) is 19.2 Å². The average molecular weight is 249 g/mol. The first-order valence-corrected chi connectivity index (χ1v) is 8.17. The molecule has 0 aromatic carbocycles. The van der Waals surface area contributed by atoms with Crippen LogP contribution in [0.15, 0.2) is 0 Å². The van der Waals surface area contributed by atoms with Crippen LogP contribution in [0.1, 0.15) is 47.0 Å². The summed E-state index contributed by atoms with van der Waals surface area (Å²) in [4.78, 5) is 0. The van der Waals surface area contributed by atoms with Gasteiger partial charge in [-0.2, -0.15) is 0 Å². The Kier molecular flexibility index (Phi) is 8.02. The second-order valence-corrected chi connectivity index (χ2v) is 7.06. The molecule has 0 spiro atoms. The summed E-state index contributed by atoms with van der Waals surface area (Å²) in [5.41, 5.74) is 0. The van der Waals surface area contributed by atoms with Crippen molar-refractivity contribution in [2.75, 3.05) is 18.1 Å². The molecule has 0 radical (unpaired) electrons. The Labute approximate surface area is 101 Å². The average Bonchev–Trinajstić information content (AvgIpc) is 2.11. The van der Waals surface area contributed by atoms with Crippen molar-refractivity contribution in [3.63, 3.8) is 0 Å². The molecule has 0 aliphatic carbocycles.